The summed E-state index contributed by atoms with van der Waals surface area (Å²) in [4.78, 5) is 12.7. The van der Waals surface area contributed by atoms with E-state index in [0.29, 0.717) is 12.6 Å². The summed E-state index contributed by atoms with van der Waals surface area (Å²) in [5, 5.41) is 18.2. The Morgan fingerprint density at radius 2 is 2.00 bits per heavy atom. The SMILES string of the molecule is CCN(CC(O)CC(=O)O)C1CCCCC1. The maximum Gasteiger partial charge on any atom is 0.306 e. The lowest BCUT2D eigenvalue weighted by Crippen LogP contribution is -2.42. The maximum atomic E-state index is 10.5. The van der Waals surface area contributed by atoms with Crippen molar-refractivity contribution in [3.05, 3.63) is 0 Å². The van der Waals surface area contributed by atoms with E-state index in [1.807, 2.05) is 0 Å². The van der Waals surface area contributed by atoms with Crippen LogP contribution >= 0.6 is 0 Å². The molecule has 0 bridgehead atoms. The number of aliphatic carboxylic acids is 1. The highest BCUT2D eigenvalue weighted by Crippen LogP contribution is 2.22. The molecule has 1 atom stereocenters. The van der Waals surface area contributed by atoms with Crippen LogP contribution in [0.1, 0.15) is 45.4 Å². The summed E-state index contributed by atoms with van der Waals surface area (Å²) in [6.45, 7) is 3.46. The Morgan fingerprint density at radius 1 is 1.38 bits per heavy atom. The van der Waals surface area contributed by atoms with Crippen LogP contribution in [0.4, 0.5) is 0 Å². The van der Waals surface area contributed by atoms with E-state index in [9.17, 15) is 9.90 Å². The van der Waals surface area contributed by atoms with Gasteiger partial charge in [-0.3, -0.25) is 9.69 Å². The third-order valence-corrected chi connectivity index (χ3v) is 3.35. The summed E-state index contributed by atoms with van der Waals surface area (Å²) in [7, 11) is 0. The molecule has 1 aliphatic rings. The molecule has 2 N–H and O–H groups in total. The summed E-state index contributed by atoms with van der Waals surface area (Å²) < 4.78 is 0. The summed E-state index contributed by atoms with van der Waals surface area (Å²) >= 11 is 0. The lowest BCUT2D eigenvalue weighted by molar-refractivity contribution is -0.139. The van der Waals surface area contributed by atoms with Gasteiger partial charge < -0.3 is 10.2 Å². The van der Waals surface area contributed by atoms with E-state index in [1.165, 1.54) is 32.1 Å². The first-order valence-corrected chi connectivity index (χ1v) is 6.27. The van der Waals surface area contributed by atoms with Crippen LogP contribution < -0.4 is 0 Å². The fourth-order valence-corrected chi connectivity index (χ4v) is 2.52. The third-order valence-electron chi connectivity index (χ3n) is 3.35. The topological polar surface area (TPSA) is 60.8 Å². The molecular formula is C12H23NO3. The first-order chi connectivity index (χ1) is 7.63. The molecule has 1 saturated carbocycles. The molecule has 0 amide bonds. The van der Waals surface area contributed by atoms with Crippen molar-refractivity contribution in [2.24, 2.45) is 0 Å². The number of nitrogens with zero attached hydrogens (tertiary/aromatic N) is 1. The van der Waals surface area contributed by atoms with E-state index in [1.54, 1.807) is 0 Å². The molecule has 0 aliphatic heterocycles. The summed E-state index contributed by atoms with van der Waals surface area (Å²) in [5.74, 6) is -0.924. The van der Waals surface area contributed by atoms with Gasteiger partial charge in [-0.15, -0.1) is 0 Å². The van der Waals surface area contributed by atoms with Gasteiger partial charge >= 0.3 is 5.97 Å². The van der Waals surface area contributed by atoms with Gasteiger partial charge in [-0.05, 0) is 19.4 Å². The van der Waals surface area contributed by atoms with Crippen molar-refractivity contribution in [2.75, 3.05) is 13.1 Å². The average molecular weight is 229 g/mol. The number of likely N-dealkylation sites (N-methyl/N-ethyl adjacent to an activating group) is 1. The molecule has 1 fully saturated rings. The van der Waals surface area contributed by atoms with Crippen molar-refractivity contribution in [3.8, 4) is 0 Å². The average Bonchev–Trinajstić information content (AvgIpc) is 2.26. The molecule has 0 aromatic carbocycles. The molecule has 0 saturated heterocycles. The van der Waals surface area contributed by atoms with Crippen LogP contribution in [0.2, 0.25) is 0 Å². The van der Waals surface area contributed by atoms with E-state index in [0.717, 1.165) is 6.54 Å². The predicted molar refractivity (Wildman–Crippen MR) is 62.4 cm³/mol. The highest BCUT2D eigenvalue weighted by molar-refractivity contribution is 5.67. The number of carboxylic acids is 1. The van der Waals surface area contributed by atoms with Gasteiger partial charge in [0.15, 0.2) is 0 Å². The quantitative estimate of drug-likeness (QED) is 0.724. The van der Waals surface area contributed by atoms with Gasteiger partial charge in [-0.1, -0.05) is 26.2 Å². The minimum absolute atomic E-state index is 0.150. The molecule has 0 radical (unpaired) electrons. The monoisotopic (exact) mass is 229 g/mol. The van der Waals surface area contributed by atoms with Gasteiger partial charge in [0.25, 0.3) is 0 Å². The number of hydrogen-bond acceptors (Lipinski definition) is 3. The lowest BCUT2D eigenvalue weighted by atomic mass is 9.94. The Kier molecular flexibility index (Phi) is 5.77. The van der Waals surface area contributed by atoms with E-state index >= 15 is 0 Å². The molecule has 4 heteroatoms. The number of carboxylic acid groups (broad SMARTS) is 1. The predicted octanol–water partition coefficient (Wildman–Crippen LogP) is 1.48. The Hall–Kier alpha value is -0.610. The van der Waals surface area contributed by atoms with E-state index < -0.39 is 12.1 Å². The van der Waals surface area contributed by atoms with Crippen molar-refractivity contribution in [1.82, 2.24) is 4.90 Å². The smallest absolute Gasteiger partial charge is 0.306 e. The third kappa shape index (κ3) is 4.49. The standard InChI is InChI=1S/C12H23NO3/c1-2-13(9-11(14)8-12(15)16)10-6-4-3-5-7-10/h10-11,14H,2-9H2,1H3,(H,15,16). The van der Waals surface area contributed by atoms with Crippen molar-refractivity contribution in [2.45, 2.75) is 57.6 Å². The normalized spacial score (nSPS) is 19.9. The van der Waals surface area contributed by atoms with Crippen LogP contribution in [-0.4, -0.2) is 46.3 Å². The Labute approximate surface area is 97.3 Å². The Morgan fingerprint density at radius 3 is 2.50 bits per heavy atom. The van der Waals surface area contributed by atoms with Crippen LogP contribution in [0.15, 0.2) is 0 Å². The summed E-state index contributed by atoms with van der Waals surface area (Å²) in [5.41, 5.74) is 0. The van der Waals surface area contributed by atoms with E-state index in [4.69, 9.17) is 5.11 Å². The van der Waals surface area contributed by atoms with Crippen LogP contribution in [0.25, 0.3) is 0 Å². The van der Waals surface area contributed by atoms with Crippen LogP contribution in [0.5, 0.6) is 0 Å². The zero-order chi connectivity index (χ0) is 12.0. The van der Waals surface area contributed by atoms with Crippen LogP contribution in [0.3, 0.4) is 0 Å². The van der Waals surface area contributed by atoms with Crippen molar-refractivity contribution < 1.29 is 15.0 Å². The Bertz CT molecular complexity index is 214. The zero-order valence-corrected chi connectivity index (χ0v) is 10.1. The molecule has 0 heterocycles. The van der Waals surface area contributed by atoms with Crippen LogP contribution in [0, 0.1) is 0 Å². The molecule has 1 rings (SSSR count). The zero-order valence-electron chi connectivity index (χ0n) is 10.1. The first-order valence-electron chi connectivity index (χ1n) is 6.27. The second-order valence-corrected chi connectivity index (χ2v) is 4.63. The number of hydrogen-bond donors (Lipinski definition) is 2. The maximum absolute atomic E-state index is 10.5. The van der Waals surface area contributed by atoms with Gasteiger partial charge in [0.2, 0.25) is 0 Å². The number of aliphatic hydroxyl groups is 1. The number of aliphatic hydroxyl groups excluding tert-OH is 1. The summed E-state index contributed by atoms with van der Waals surface area (Å²) in [6.07, 6.45) is 5.32. The second kappa shape index (κ2) is 6.86. The van der Waals surface area contributed by atoms with Gasteiger partial charge in [0.05, 0.1) is 12.5 Å². The molecule has 4 nitrogen and oxygen atoms in total. The van der Waals surface area contributed by atoms with Crippen LogP contribution in [-0.2, 0) is 4.79 Å². The molecule has 16 heavy (non-hydrogen) atoms. The number of carbonyl (C=O) groups is 1. The fraction of sp³-hybridized carbons (Fsp3) is 0.917. The lowest BCUT2D eigenvalue weighted by Gasteiger charge is -2.34. The molecule has 1 unspecified atom stereocenters. The van der Waals surface area contributed by atoms with Crippen molar-refractivity contribution in [3.63, 3.8) is 0 Å². The molecular weight excluding hydrogens is 206 g/mol. The molecule has 0 aromatic rings. The van der Waals surface area contributed by atoms with Gasteiger partial charge in [-0.2, -0.15) is 0 Å². The Balaban J connectivity index is 2.37. The molecule has 94 valence electrons. The highest BCUT2D eigenvalue weighted by atomic mass is 16.4. The molecule has 0 spiro atoms. The number of rotatable bonds is 6. The fourth-order valence-electron chi connectivity index (χ4n) is 2.52. The summed E-state index contributed by atoms with van der Waals surface area (Å²) in [6, 6.07) is 0.544. The van der Waals surface area contributed by atoms with Gasteiger partial charge in [-0.25, -0.2) is 0 Å². The van der Waals surface area contributed by atoms with Gasteiger partial charge in [0, 0.05) is 12.6 Å². The van der Waals surface area contributed by atoms with E-state index in [-0.39, 0.29) is 6.42 Å². The van der Waals surface area contributed by atoms with Gasteiger partial charge in [0.1, 0.15) is 0 Å². The molecule has 0 aromatic heterocycles. The minimum atomic E-state index is -0.924. The largest absolute Gasteiger partial charge is 0.481 e. The van der Waals surface area contributed by atoms with E-state index in [2.05, 4.69) is 11.8 Å². The van der Waals surface area contributed by atoms with Crippen molar-refractivity contribution >= 4 is 5.97 Å². The van der Waals surface area contributed by atoms with Crippen molar-refractivity contribution in [1.29, 1.82) is 0 Å². The molecule has 1 aliphatic carbocycles. The first kappa shape index (κ1) is 13.5. The second-order valence-electron chi connectivity index (χ2n) is 4.63. The minimum Gasteiger partial charge on any atom is -0.481 e. The highest BCUT2D eigenvalue weighted by Gasteiger charge is 2.22.